The maximum Gasteiger partial charge on any atom is 0.129 e. The summed E-state index contributed by atoms with van der Waals surface area (Å²) in [6.45, 7) is 1.82. The molecule has 0 amide bonds. The van der Waals surface area contributed by atoms with E-state index in [1.165, 1.54) is 0 Å². The molecule has 2 nitrogen and oxygen atoms in total. The van der Waals surface area contributed by atoms with Crippen molar-refractivity contribution in [2.45, 2.75) is 6.92 Å². The van der Waals surface area contributed by atoms with Crippen molar-refractivity contribution in [2.24, 2.45) is 0 Å². The third kappa shape index (κ3) is 0.865. The van der Waals surface area contributed by atoms with Crippen molar-refractivity contribution in [3.8, 4) is 5.75 Å². The highest BCUT2D eigenvalue weighted by Gasteiger charge is 2.06. The quantitative estimate of drug-likeness (QED) is 0.610. The number of phenolic OH excluding ortho intramolecular Hbond substituents is 1. The largest absolute Gasteiger partial charge is 0.507 e. The molecule has 0 spiro atoms. The van der Waals surface area contributed by atoms with Crippen molar-refractivity contribution in [1.29, 1.82) is 0 Å². The van der Waals surface area contributed by atoms with Gasteiger partial charge in [-0.1, -0.05) is 0 Å². The minimum absolute atomic E-state index is 0.311. The molecule has 62 valence electrons. The van der Waals surface area contributed by atoms with Crippen LogP contribution >= 0.6 is 11.3 Å². The lowest BCUT2D eigenvalue weighted by molar-refractivity contribution is 0.478. The van der Waals surface area contributed by atoms with Crippen molar-refractivity contribution in [2.75, 3.05) is 5.73 Å². The van der Waals surface area contributed by atoms with Crippen LogP contribution in [0.4, 0.5) is 5.69 Å². The van der Waals surface area contributed by atoms with Gasteiger partial charge in [0.15, 0.2) is 0 Å². The van der Waals surface area contributed by atoms with Crippen LogP contribution in [0.5, 0.6) is 5.75 Å². The van der Waals surface area contributed by atoms with E-state index < -0.39 is 0 Å². The van der Waals surface area contributed by atoms with E-state index in [9.17, 15) is 5.11 Å². The molecule has 0 fully saturated rings. The standard InChI is InChI=1S/C9H9NOS/c1-5-7(10)4-8-6(9(5)11)2-3-12-8/h2-4,11H,10H2,1H3. The van der Waals surface area contributed by atoms with Gasteiger partial charge in [0.05, 0.1) is 0 Å². The summed E-state index contributed by atoms with van der Waals surface area (Å²) < 4.78 is 1.04. The monoisotopic (exact) mass is 179 g/mol. The first-order valence-corrected chi connectivity index (χ1v) is 4.53. The van der Waals surface area contributed by atoms with Gasteiger partial charge in [0, 0.05) is 21.3 Å². The highest BCUT2D eigenvalue weighted by atomic mass is 32.1. The van der Waals surface area contributed by atoms with Gasteiger partial charge >= 0.3 is 0 Å². The average molecular weight is 179 g/mol. The van der Waals surface area contributed by atoms with Crippen LogP contribution in [0.1, 0.15) is 5.56 Å². The topological polar surface area (TPSA) is 46.2 Å². The Balaban J connectivity index is 2.94. The Kier molecular flexibility index (Phi) is 1.48. The molecule has 3 heteroatoms. The van der Waals surface area contributed by atoms with Gasteiger partial charge in [0.1, 0.15) is 5.75 Å². The lowest BCUT2D eigenvalue weighted by Gasteiger charge is -2.03. The zero-order chi connectivity index (χ0) is 8.72. The molecule has 3 N–H and O–H groups in total. The van der Waals surface area contributed by atoms with Gasteiger partial charge in [-0.15, -0.1) is 11.3 Å². The van der Waals surface area contributed by atoms with E-state index >= 15 is 0 Å². The van der Waals surface area contributed by atoms with Crippen LogP contribution in [-0.2, 0) is 0 Å². The van der Waals surface area contributed by atoms with Crippen LogP contribution < -0.4 is 5.73 Å². The Morgan fingerprint density at radius 3 is 3.00 bits per heavy atom. The molecule has 0 unspecified atom stereocenters. The van der Waals surface area contributed by atoms with E-state index in [4.69, 9.17) is 5.73 Å². The number of aromatic hydroxyl groups is 1. The Labute approximate surface area is 74.3 Å². The second-order valence-electron chi connectivity index (χ2n) is 2.77. The van der Waals surface area contributed by atoms with Crippen molar-refractivity contribution < 1.29 is 5.11 Å². The van der Waals surface area contributed by atoms with Crippen molar-refractivity contribution in [3.05, 3.63) is 23.1 Å². The summed E-state index contributed by atoms with van der Waals surface area (Å²) in [7, 11) is 0. The average Bonchev–Trinajstić information content (AvgIpc) is 2.48. The summed E-state index contributed by atoms with van der Waals surface area (Å²) in [5, 5.41) is 12.5. The van der Waals surface area contributed by atoms with Crippen LogP contribution in [0.2, 0.25) is 0 Å². The maximum absolute atomic E-state index is 9.65. The first kappa shape index (κ1) is 7.43. The fourth-order valence-corrected chi connectivity index (χ4v) is 2.05. The molecule has 0 aliphatic rings. The number of phenols is 1. The Morgan fingerprint density at radius 2 is 2.25 bits per heavy atom. The summed E-state index contributed by atoms with van der Waals surface area (Å²) in [6, 6.07) is 3.80. The van der Waals surface area contributed by atoms with Gasteiger partial charge in [-0.3, -0.25) is 0 Å². The molecule has 0 bridgehead atoms. The van der Waals surface area contributed by atoms with Gasteiger partial charge in [0.2, 0.25) is 0 Å². The third-order valence-corrected chi connectivity index (χ3v) is 2.89. The minimum atomic E-state index is 0.311. The lowest BCUT2D eigenvalue weighted by Crippen LogP contribution is -1.88. The molecule has 2 rings (SSSR count). The smallest absolute Gasteiger partial charge is 0.129 e. The predicted octanol–water partition coefficient (Wildman–Crippen LogP) is 2.50. The van der Waals surface area contributed by atoms with E-state index in [-0.39, 0.29) is 0 Å². The second kappa shape index (κ2) is 2.38. The number of hydrogen-bond acceptors (Lipinski definition) is 3. The van der Waals surface area contributed by atoms with E-state index in [2.05, 4.69) is 0 Å². The first-order valence-electron chi connectivity index (χ1n) is 3.65. The molecule has 0 radical (unpaired) electrons. The van der Waals surface area contributed by atoms with Gasteiger partial charge in [-0.05, 0) is 24.4 Å². The maximum atomic E-state index is 9.65. The number of rotatable bonds is 0. The van der Waals surface area contributed by atoms with E-state index in [0.29, 0.717) is 11.4 Å². The molecule has 2 aromatic rings. The molecule has 1 aromatic heterocycles. The summed E-state index contributed by atoms with van der Waals surface area (Å²) >= 11 is 1.58. The van der Waals surface area contributed by atoms with Crippen LogP contribution in [-0.4, -0.2) is 5.11 Å². The second-order valence-corrected chi connectivity index (χ2v) is 3.72. The highest BCUT2D eigenvalue weighted by molar-refractivity contribution is 7.17. The number of anilines is 1. The number of nitrogen functional groups attached to an aromatic ring is 1. The van der Waals surface area contributed by atoms with Gasteiger partial charge in [0.25, 0.3) is 0 Å². The van der Waals surface area contributed by atoms with Crippen LogP contribution in [0.3, 0.4) is 0 Å². The van der Waals surface area contributed by atoms with Crippen LogP contribution in [0.25, 0.3) is 10.1 Å². The van der Waals surface area contributed by atoms with E-state index in [1.54, 1.807) is 11.3 Å². The van der Waals surface area contributed by atoms with Gasteiger partial charge < -0.3 is 10.8 Å². The summed E-state index contributed by atoms with van der Waals surface area (Å²) in [5.41, 5.74) is 7.11. The fraction of sp³-hybridized carbons (Fsp3) is 0.111. The van der Waals surface area contributed by atoms with E-state index in [0.717, 1.165) is 15.6 Å². The molecule has 12 heavy (non-hydrogen) atoms. The molecule has 0 aliphatic heterocycles. The minimum Gasteiger partial charge on any atom is -0.507 e. The Hall–Kier alpha value is -1.22. The molecular weight excluding hydrogens is 170 g/mol. The van der Waals surface area contributed by atoms with Crippen molar-refractivity contribution >= 4 is 27.1 Å². The predicted molar refractivity (Wildman–Crippen MR) is 52.6 cm³/mol. The molecule has 0 saturated carbocycles. The molecular formula is C9H9NOS. The van der Waals surface area contributed by atoms with Gasteiger partial charge in [-0.2, -0.15) is 0 Å². The van der Waals surface area contributed by atoms with Crippen molar-refractivity contribution in [3.63, 3.8) is 0 Å². The summed E-state index contributed by atoms with van der Waals surface area (Å²) in [6.07, 6.45) is 0. The Bertz CT molecular complexity index is 433. The summed E-state index contributed by atoms with van der Waals surface area (Å²) in [5.74, 6) is 0.311. The lowest BCUT2D eigenvalue weighted by atomic mass is 10.1. The highest BCUT2D eigenvalue weighted by Crippen LogP contribution is 2.35. The van der Waals surface area contributed by atoms with Crippen LogP contribution in [0.15, 0.2) is 17.5 Å². The normalized spacial score (nSPS) is 10.8. The number of benzene rings is 1. The van der Waals surface area contributed by atoms with Crippen LogP contribution in [0, 0.1) is 6.92 Å². The SMILES string of the molecule is Cc1c(N)cc2sccc2c1O. The number of thiophene rings is 1. The zero-order valence-corrected chi connectivity index (χ0v) is 7.48. The van der Waals surface area contributed by atoms with E-state index in [1.807, 2.05) is 24.4 Å². The molecule has 0 atom stereocenters. The summed E-state index contributed by atoms with van der Waals surface area (Å²) in [4.78, 5) is 0. The van der Waals surface area contributed by atoms with Gasteiger partial charge in [-0.25, -0.2) is 0 Å². The number of fused-ring (bicyclic) bond motifs is 1. The van der Waals surface area contributed by atoms with Crippen molar-refractivity contribution in [1.82, 2.24) is 0 Å². The fourth-order valence-electron chi connectivity index (χ4n) is 1.22. The Morgan fingerprint density at radius 1 is 1.50 bits per heavy atom. The third-order valence-electron chi connectivity index (χ3n) is 2.03. The molecule has 0 aliphatic carbocycles. The molecule has 0 saturated heterocycles. The zero-order valence-electron chi connectivity index (χ0n) is 6.66. The first-order chi connectivity index (χ1) is 5.70. The number of nitrogens with two attached hydrogens (primary N) is 1. The molecule has 1 heterocycles. The molecule has 1 aromatic carbocycles. The number of hydrogen-bond donors (Lipinski definition) is 2.